The maximum atomic E-state index is 2.56. The molecular formula is C50H117N2O3PW+2. The van der Waals surface area contributed by atoms with Crippen molar-refractivity contribution in [2.45, 2.75) is 273 Å². The van der Waals surface area contributed by atoms with E-state index in [1.807, 2.05) is 0 Å². The van der Waals surface area contributed by atoms with Crippen molar-refractivity contribution in [2.75, 3.05) is 53.4 Å². The van der Waals surface area contributed by atoms with Crippen LogP contribution in [0.25, 0.3) is 0 Å². The van der Waals surface area contributed by atoms with Crippen LogP contribution < -0.4 is 0 Å². The maximum absolute atomic E-state index is 2.56. The van der Waals surface area contributed by atoms with Crippen molar-refractivity contribution in [3.8, 4) is 0 Å². The first-order chi connectivity index (χ1) is 25.4. The molecule has 7 heteroatoms. The van der Waals surface area contributed by atoms with Crippen LogP contribution in [0.15, 0.2) is 0 Å². The van der Waals surface area contributed by atoms with Gasteiger partial charge in [-0.2, -0.15) is 9.90 Å². The van der Waals surface area contributed by atoms with Crippen molar-refractivity contribution in [3.05, 3.63) is 0 Å². The molecule has 1 atom stereocenters. The normalized spacial score (nSPS) is 10.9. The summed E-state index contributed by atoms with van der Waals surface area (Å²) in [7, 11) is 5.12. The van der Waals surface area contributed by atoms with Gasteiger partial charge in [0.1, 0.15) is 0 Å². The fraction of sp³-hybridized carbons (Fsp3) is 1.00. The van der Waals surface area contributed by atoms with E-state index in [4.69, 9.17) is 0 Å². The molecular weight excluding hydrogens is 891 g/mol. The van der Waals surface area contributed by atoms with Crippen LogP contribution in [0.3, 0.4) is 0 Å². The molecule has 0 amide bonds. The zero-order chi connectivity index (χ0) is 38.7. The number of unbranched alkanes of at least 4 members (excludes halogenated alkanes) is 30. The topological polar surface area (TPSA) is 94.5 Å². The number of hydrogen-bond acceptors (Lipinski definition) is 0. The largest absolute Gasteiger partial charge is 0.412 e. The van der Waals surface area contributed by atoms with Crippen LogP contribution in [-0.2, 0) is 21.1 Å². The fourth-order valence-corrected chi connectivity index (χ4v) is 8.31. The summed E-state index contributed by atoms with van der Waals surface area (Å²) in [5.41, 5.74) is 0. The number of nitrogens with zero attached hydrogens (tertiary/aromatic N) is 2. The molecule has 0 aliphatic rings. The van der Waals surface area contributed by atoms with Gasteiger partial charge in [-0.3, -0.25) is 0 Å². The van der Waals surface area contributed by atoms with Gasteiger partial charge in [-0.1, -0.05) is 196 Å². The zero-order valence-corrected chi connectivity index (χ0v) is 45.6. The molecule has 6 N–H and O–H groups in total. The van der Waals surface area contributed by atoms with Crippen molar-refractivity contribution in [1.82, 2.24) is 0 Å². The molecule has 57 heavy (non-hydrogen) atoms. The SMILES string of the molecule is CCCCCCCC[N+](C)(CCCCCCCC)CCCCCCCC.CCCCCCCC[N+](C)(CCCCCCCC)CCCCCCCC.O.O.O.P.[W]. The van der Waals surface area contributed by atoms with Crippen LogP contribution in [-0.4, -0.2) is 78.8 Å². The Kier molecular flexibility index (Phi) is 74.9. The summed E-state index contributed by atoms with van der Waals surface area (Å²) in [5.74, 6) is 0. The third-order valence-electron chi connectivity index (χ3n) is 12.3. The standard InChI is InChI=1S/2C25H54N.3H2O.H3P.W/c2*1-5-8-11-14-17-20-23-26(4,24-21-18-15-12-9-6-2)25-22-19-16-13-10-7-3;;;;;/h2*5-25H2,1-4H3;3*1H2;1H3;/q2*+1;;;;;. The van der Waals surface area contributed by atoms with E-state index in [0.29, 0.717) is 0 Å². The van der Waals surface area contributed by atoms with Crippen LogP contribution in [0.5, 0.6) is 0 Å². The Balaban J connectivity index is -0.000000161. The van der Waals surface area contributed by atoms with Gasteiger partial charge in [0.05, 0.1) is 53.4 Å². The van der Waals surface area contributed by atoms with E-state index in [1.165, 1.54) is 279 Å². The van der Waals surface area contributed by atoms with Gasteiger partial charge in [-0.25, -0.2) is 0 Å². The molecule has 0 rings (SSSR count). The van der Waals surface area contributed by atoms with Crippen LogP contribution in [0.2, 0.25) is 0 Å². The first-order valence-electron chi connectivity index (χ1n) is 25.0. The molecule has 0 fully saturated rings. The van der Waals surface area contributed by atoms with Crippen molar-refractivity contribution in [2.24, 2.45) is 0 Å². The van der Waals surface area contributed by atoms with Gasteiger partial charge >= 0.3 is 0 Å². The van der Waals surface area contributed by atoms with Crippen LogP contribution in [0, 0.1) is 0 Å². The van der Waals surface area contributed by atoms with Gasteiger partial charge in [0.2, 0.25) is 0 Å². The van der Waals surface area contributed by atoms with E-state index in [-0.39, 0.29) is 47.4 Å². The molecule has 0 aliphatic carbocycles. The minimum Gasteiger partial charge on any atom is -0.412 e. The smallest absolute Gasteiger partial charge is 0.0784 e. The minimum atomic E-state index is 0. The molecule has 0 heterocycles. The van der Waals surface area contributed by atoms with Crippen LogP contribution in [0.4, 0.5) is 0 Å². The number of hydrogen-bond donors (Lipinski definition) is 0. The maximum Gasteiger partial charge on any atom is 0.0784 e. The third kappa shape index (κ3) is 56.9. The molecule has 0 aromatic carbocycles. The van der Waals surface area contributed by atoms with Gasteiger partial charge in [-0.15, -0.1) is 0 Å². The Morgan fingerprint density at radius 3 is 0.439 bits per heavy atom. The van der Waals surface area contributed by atoms with E-state index < -0.39 is 0 Å². The predicted molar refractivity (Wildman–Crippen MR) is 264 cm³/mol. The molecule has 0 aromatic rings. The monoisotopic (exact) mass is 1010 g/mol. The molecule has 0 aromatic heterocycles. The summed E-state index contributed by atoms with van der Waals surface area (Å²) in [6, 6.07) is 0. The Morgan fingerprint density at radius 2 is 0.316 bits per heavy atom. The second kappa shape index (κ2) is 59.0. The van der Waals surface area contributed by atoms with Gasteiger partial charge in [0.25, 0.3) is 0 Å². The summed E-state index contributed by atoms with van der Waals surface area (Å²) < 4.78 is 2.71. The minimum absolute atomic E-state index is 0. The van der Waals surface area contributed by atoms with Crippen molar-refractivity contribution >= 4 is 9.90 Å². The third-order valence-corrected chi connectivity index (χ3v) is 12.3. The van der Waals surface area contributed by atoms with E-state index >= 15 is 0 Å². The van der Waals surface area contributed by atoms with E-state index in [0.717, 1.165) is 0 Å². The average molecular weight is 1010 g/mol. The van der Waals surface area contributed by atoms with Gasteiger partial charge in [0, 0.05) is 21.1 Å². The molecule has 1 unspecified atom stereocenters. The van der Waals surface area contributed by atoms with Crippen LogP contribution in [0.1, 0.15) is 273 Å². The summed E-state index contributed by atoms with van der Waals surface area (Å²) in [6.07, 6.45) is 51.7. The van der Waals surface area contributed by atoms with E-state index in [1.54, 1.807) is 0 Å². The Labute approximate surface area is 380 Å². The molecule has 354 valence electrons. The molecule has 0 spiro atoms. The molecule has 0 saturated carbocycles. The first-order valence-corrected chi connectivity index (χ1v) is 25.0. The predicted octanol–water partition coefficient (Wildman–Crippen LogP) is 14.6. The van der Waals surface area contributed by atoms with Crippen LogP contribution >= 0.6 is 9.90 Å². The zero-order valence-electron chi connectivity index (χ0n) is 41.2. The van der Waals surface area contributed by atoms with Crippen molar-refractivity contribution in [1.29, 1.82) is 0 Å². The van der Waals surface area contributed by atoms with Gasteiger partial charge < -0.3 is 25.4 Å². The van der Waals surface area contributed by atoms with E-state index in [2.05, 4.69) is 55.6 Å². The quantitative estimate of drug-likeness (QED) is 0.0331. The molecule has 0 aliphatic heterocycles. The molecule has 0 bridgehead atoms. The number of rotatable bonds is 42. The van der Waals surface area contributed by atoms with Gasteiger partial charge in [0.15, 0.2) is 0 Å². The van der Waals surface area contributed by atoms with E-state index in [9.17, 15) is 0 Å². The summed E-state index contributed by atoms with van der Waals surface area (Å²) in [6.45, 7) is 22.4. The molecule has 0 saturated heterocycles. The van der Waals surface area contributed by atoms with Gasteiger partial charge in [-0.05, 0) is 77.0 Å². The molecule has 5 nitrogen and oxygen atoms in total. The molecule has 0 radical (unpaired) electrons. The first kappa shape index (κ1) is 72.4. The Hall–Kier alpha value is 0.918. The average Bonchev–Trinajstić information content (AvgIpc) is 3.14. The summed E-state index contributed by atoms with van der Waals surface area (Å²) >= 11 is 0. The second-order valence-electron chi connectivity index (χ2n) is 18.2. The fourth-order valence-electron chi connectivity index (χ4n) is 8.31. The van der Waals surface area contributed by atoms with Crippen molar-refractivity contribution in [3.63, 3.8) is 0 Å². The Bertz CT molecular complexity index is 525. The summed E-state index contributed by atoms with van der Waals surface area (Å²) in [4.78, 5) is 0. The Morgan fingerprint density at radius 1 is 0.211 bits per heavy atom. The van der Waals surface area contributed by atoms with Crippen molar-refractivity contribution < 1.29 is 46.5 Å². The second-order valence-corrected chi connectivity index (χ2v) is 18.2. The summed E-state index contributed by atoms with van der Waals surface area (Å²) in [5, 5.41) is 0. The number of quaternary nitrogens is 2.